The van der Waals surface area contributed by atoms with Gasteiger partial charge in [0.1, 0.15) is 11.6 Å². The van der Waals surface area contributed by atoms with Crippen LogP contribution in [0.4, 0.5) is 4.39 Å². The second-order valence-electron chi connectivity index (χ2n) is 5.80. The first kappa shape index (κ1) is 12.9. The van der Waals surface area contributed by atoms with E-state index in [1.54, 1.807) is 12.1 Å². The van der Waals surface area contributed by atoms with Gasteiger partial charge in [0.25, 0.3) is 0 Å². The highest BCUT2D eigenvalue weighted by atomic mass is 19.1. The van der Waals surface area contributed by atoms with E-state index in [1.165, 1.54) is 18.9 Å². The number of rotatable bonds is 2. The second-order valence-corrected chi connectivity index (χ2v) is 5.80. The average molecular weight is 264 g/mol. The Morgan fingerprint density at radius 3 is 3.00 bits per heavy atom. The lowest BCUT2D eigenvalue weighted by molar-refractivity contribution is 0.245. The van der Waals surface area contributed by atoms with Crippen molar-refractivity contribution < 1.29 is 9.50 Å². The van der Waals surface area contributed by atoms with E-state index in [4.69, 9.17) is 0 Å². The molecule has 0 aliphatic carbocycles. The third-order valence-electron chi connectivity index (χ3n) is 4.61. The number of phenols is 1. The molecule has 0 aromatic heterocycles. The summed E-state index contributed by atoms with van der Waals surface area (Å²) in [6, 6.07) is 5.10. The molecule has 0 radical (unpaired) electrons. The molecule has 3 atom stereocenters. The number of likely N-dealkylation sites (tertiary alicyclic amines) is 1. The third kappa shape index (κ3) is 2.47. The number of halogens is 1. The topological polar surface area (TPSA) is 35.5 Å². The maximum Gasteiger partial charge on any atom is 0.131 e. The Hall–Kier alpha value is -1.13. The molecule has 0 spiro atoms. The Kier molecular flexibility index (Phi) is 3.46. The molecule has 1 aromatic carbocycles. The number of benzene rings is 1. The summed E-state index contributed by atoms with van der Waals surface area (Å²) in [6.45, 7) is 5.19. The summed E-state index contributed by atoms with van der Waals surface area (Å²) in [6.07, 6.45) is 2.52. The lowest BCUT2D eigenvalue weighted by atomic mass is 9.94. The van der Waals surface area contributed by atoms with Crippen molar-refractivity contribution in [3.8, 4) is 5.75 Å². The molecule has 3 nitrogen and oxygen atoms in total. The van der Waals surface area contributed by atoms with Gasteiger partial charge in [-0.2, -0.15) is 0 Å². The Bertz CT molecular complexity index is 451. The molecule has 0 amide bonds. The maximum atomic E-state index is 13.9. The zero-order valence-corrected chi connectivity index (χ0v) is 11.3. The number of fused-ring (bicyclic) bond motifs is 1. The van der Waals surface area contributed by atoms with Crippen LogP contribution >= 0.6 is 0 Å². The molecule has 4 heteroatoms. The summed E-state index contributed by atoms with van der Waals surface area (Å²) >= 11 is 0. The summed E-state index contributed by atoms with van der Waals surface area (Å²) in [4.78, 5) is 2.35. The lowest BCUT2D eigenvalue weighted by Gasteiger charge is -2.25. The van der Waals surface area contributed by atoms with Crippen molar-refractivity contribution in [1.82, 2.24) is 10.2 Å². The van der Waals surface area contributed by atoms with Crippen molar-refractivity contribution in [1.29, 1.82) is 0 Å². The highest BCUT2D eigenvalue weighted by molar-refractivity contribution is 5.29. The molecule has 3 rings (SSSR count). The van der Waals surface area contributed by atoms with Gasteiger partial charge >= 0.3 is 0 Å². The average Bonchev–Trinajstić information content (AvgIpc) is 2.81. The van der Waals surface area contributed by atoms with Crippen LogP contribution in [-0.2, 0) is 0 Å². The minimum absolute atomic E-state index is 0.00907. The van der Waals surface area contributed by atoms with E-state index in [9.17, 15) is 9.50 Å². The van der Waals surface area contributed by atoms with Crippen molar-refractivity contribution in [3.05, 3.63) is 29.6 Å². The molecule has 19 heavy (non-hydrogen) atoms. The van der Waals surface area contributed by atoms with Gasteiger partial charge in [-0.15, -0.1) is 0 Å². The Labute approximate surface area is 113 Å². The van der Waals surface area contributed by atoms with Gasteiger partial charge in [0.2, 0.25) is 0 Å². The first-order chi connectivity index (χ1) is 9.15. The van der Waals surface area contributed by atoms with Crippen LogP contribution in [0.3, 0.4) is 0 Å². The van der Waals surface area contributed by atoms with Gasteiger partial charge in [-0.25, -0.2) is 4.39 Å². The molecule has 1 aromatic rings. The first-order valence-corrected chi connectivity index (χ1v) is 7.11. The van der Waals surface area contributed by atoms with E-state index in [0.717, 1.165) is 19.6 Å². The van der Waals surface area contributed by atoms with Crippen molar-refractivity contribution in [3.63, 3.8) is 0 Å². The van der Waals surface area contributed by atoms with Crippen LogP contribution in [0.1, 0.15) is 31.4 Å². The lowest BCUT2D eigenvalue weighted by Crippen LogP contribution is -2.40. The number of piperidine rings is 1. The van der Waals surface area contributed by atoms with Gasteiger partial charge < -0.3 is 10.4 Å². The van der Waals surface area contributed by atoms with Gasteiger partial charge in [-0.05, 0) is 38.3 Å². The highest BCUT2D eigenvalue weighted by Crippen LogP contribution is 2.33. The fraction of sp³-hybridized carbons (Fsp3) is 0.600. The van der Waals surface area contributed by atoms with Crippen LogP contribution in [0.2, 0.25) is 0 Å². The van der Waals surface area contributed by atoms with E-state index in [-0.39, 0.29) is 17.6 Å². The minimum atomic E-state index is -0.310. The smallest absolute Gasteiger partial charge is 0.131 e. The molecule has 2 aliphatic rings. The molecule has 1 unspecified atom stereocenters. The van der Waals surface area contributed by atoms with Crippen molar-refractivity contribution in [2.24, 2.45) is 5.92 Å². The zero-order valence-electron chi connectivity index (χ0n) is 11.3. The predicted octanol–water partition coefficient (Wildman–Crippen LogP) is 2.28. The zero-order chi connectivity index (χ0) is 13.4. The first-order valence-electron chi connectivity index (χ1n) is 7.11. The van der Waals surface area contributed by atoms with Crippen LogP contribution < -0.4 is 5.32 Å². The number of aromatic hydroxyl groups is 1. The van der Waals surface area contributed by atoms with Gasteiger partial charge in [-0.1, -0.05) is 6.07 Å². The quantitative estimate of drug-likeness (QED) is 0.860. The summed E-state index contributed by atoms with van der Waals surface area (Å²) < 4.78 is 13.9. The molecule has 0 bridgehead atoms. The standard InChI is InChI=1S/C15H21FN2O/c1-10(13-5-4-12(19)7-14(13)16)18-8-11-3-2-6-17-15(11)9-18/h4-5,7,10-11,15,17,19H,2-3,6,8-9H2,1H3/t10?,11-,15+/m0/s1. The Morgan fingerprint density at radius 2 is 2.26 bits per heavy atom. The van der Waals surface area contributed by atoms with Gasteiger partial charge in [0.05, 0.1) is 0 Å². The molecule has 2 heterocycles. The summed E-state index contributed by atoms with van der Waals surface area (Å²) in [5, 5.41) is 12.9. The molecule has 2 fully saturated rings. The minimum Gasteiger partial charge on any atom is -0.508 e. The van der Waals surface area contributed by atoms with Crippen LogP contribution in [-0.4, -0.2) is 35.7 Å². The summed E-state index contributed by atoms with van der Waals surface area (Å²) in [5.74, 6) is 0.386. The molecule has 2 aliphatic heterocycles. The van der Waals surface area contributed by atoms with E-state index < -0.39 is 0 Å². The molecule has 2 N–H and O–H groups in total. The highest BCUT2D eigenvalue weighted by Gasteiger charge is 2.36. The SMILES string of the molecule is CC(c1ccc(O)cc1F)N1C[C@@H]2CCCN[C@@H]2C1. The number of nitrogens with zero attached hydrogens (tertiary/aromatic N) is 1. The summed E-state index contributed by atoms with van der Waals surface area (Å²) in [5.41, 5.74) is 0.677. The molecule has 0 saturated carbocycles. The molecule has 2 saturated heterocycles. The number of nitrogens with one attached hydrogen (secondary N) is 1. The Balaban J connectivity index is 1.75. The van der Waals surface area contributed by atoms with Crippen LogP contribution in [0.15, 0.2) is 18.2 Å². The maximum absolute atomic E-state index is 13.9. The molecular weight excluding hydrogens is 243 g/mol. The Morgan fingerprint density at radius 1 is 1.42 bits per heavy atom. The van der Waals surface area contributed by atoms with Crippen molar-refractivity contribution in [2.75, 3.05) is 19.6 Å². The van der Waals surface area contributed by atoms with Gasteiger partial charge in [0.15, 0.2) is 0 Å². The normalized spacial score (nSPS) is 29.2. The van der Waals surface area contributed by atoms with Gasteiger partial charge in [-0.3, -0.25) is 4.90 Å². The van der Waals surface area contributed by atoms with Crippen LogP contribution in [0.5, 0.6) is 5.75 Å². The largest absolute Gasteiger partial charge is 0.508 e. The number of hydrogen-bond donors (Lipinski definition) is 2. The van der Waals surface area contributed by atoms with E-state index in [2.05, 4.69) is 10.2 Å². The fourth-order valence-corrected chi connectivity index (χ4v) is 3.45. The number of hydrogen-bond acceptors (Lipinski definition) is 3. The molecule has 104 valence electrons. The summed E-state index contributed by atoms with van der Waals surface area (Å²) in [7, 11) is 0. The third-order valence-corrected chi connectivity index (χ3v) is 4.61. The van der Waals surface area contributed by atoms with E-state index in [0.29, 0.717) is 17.5 Å². The van der Waals surface area contributed by atoms with Crippen LogP contribution in [0.25, 0.3) is 0 Å². The van der Waals surface area contributed by atoms with Crippen LogP contribution in [0, 0.1) is 11.7 Å². The number of phenolic OH excluding ortho intramolecular Hbond substituents is 1. The monoisotopic (exact) mass is 264 g/mol. The molecular formula is C15H21FN2O. The fourth-order valence-electron chi connectivity index (χ4n) is 3.45. The van der Waals surface area contributed by atoms with Gasteiger partial charge in [0, 0.05) is 36.8 Å². The van der Waals surface area contributed by atoms with Crippen molar-refractivity contribution in [2.45, 2.75) is 31.8 Å². The van der Waals surface area contributed by atoms with E-state index >= 15 is 0 Å². The predicted molar refractivity (Wildman–Crippen MR) is 72.6 cm³/mol. The van der Waals surface area contributed by atoms with Crippen molar-refractivity contribution >= 4 is 0 Å². The second kappa shape index (κ2) is 5.10. The van der Waals surface area contributed by atoms with E-state index in [1.807, 2.05) is 6.92 Å².